The van der Waals surface area contributed by atoms with Crippen LogP contribution in [0.1, 0.15) is 22.5 Å². The molecule has 0 saturated heterocycles. The van der Waals surface area contributed by atoms with E-state index < -0.39 is 0 Å². The van der Waals surface area contributed by atoms with Gasteiger partial charge in [-0.1, -0.05) is 42.0 Å². The highest BCUT2D eigenvalue weighted by Crippen LogP contribution is 2.37. The minimum absolute atomic E-state index is 0.240. The normalized spacial score (nSPS) is 14.1. The van der Waals surface area contributed by atoms with Gasteiger partial charge in [-0.05, 0) is 48.7 Å². The minimum atomic E-state index is -0.313. The van der Waals surface area contributed by atoms with Gasteiger partial charge in [-0.15, -0.1) is 11.8 Å². The molecular formula is C24H20FNO3S. The van der Waals surface area contributed by atoms with Crippen LogP contribution in [-0.4, -0.2) is 23.3 Å². The topological polar surface area (TPSA) is 50.5 Å². The van der Waals surface area contributed by atoms with Crippen LogP contribution in [0, 0.1) is 12.7 Å². The number of imide groups is 1. The lowest BCUT2D eigenvalue weighted by Crippen LogP contribution is -2.33. The van der Waals surface area contributed by atoms with Gasteiger partial charge in [0.2, 0.25) is 0 Å². The zero-order chi connectivity index (χ0) is 21.1. The van der Waals surface area contributed by atoms with E-state index >= 15 is 0 Å². The van der Waals surface area contributed by atoms with E-state index in [1.54, 1.807) is 24.5 Å². The first kappa shape index (κ1) is 20.2. The Hall–Kier alpha value is -3.12. The number of furan rings is 1. The van der Waals surface area contributed by atoms with E-state index in [-0.39, 0.29) is 24.2 Å². The molecular weight excluding hydrogens is 401 g/mol. The summed E-state index contributed by atoms with van der Waals surface area (Å²) in [5.74, 6) is 0.289. The molecule has 2 heterocycles. The Morgan fingerprint density at radius 1 is 0.967 bits per heavy atom. The first-order valence-electron chi connectivity index (χ1n) is 9.60. The third kappa shape index (κ3) is 4.24. The van der Waals surface area contributed by atoms with Crippen LogP contribution in [0.15, 0.2) is 76.2 Å². The van der Waals surface area contributed by atoms with Gasteiger partial charge in [-0.3, -0.25) is 14.5 Å². The number of rotatable bonds is 7. The first-order chi connectivity index (χ1) is 14.5. The molecule has 4 rings (SSSR count). The van der Waals surface area contributed by atoms with Crippen molar-refractivity contribution >= 4 is 29.1 Å². The highest BCUT2D eigenvalue weighted by molar-refractivity contribution is 8.03. The molecule has 1 aliphatic heterocycles. The Balaban J connectivity index is 1.59. The number of hydrogen-bond donors (Lipinski definition) is 0. The van der Waals surface area contributed by atoms with Crippen LogP contribution in [-0.2, 0) is 21.8 Å². The molecule has 2 amide bonds. The summed E-state index contributed by atoms with van der Waals surface area (Å²) in [6.07, 6.45) is 2.05. The summed E-state index contributed by atoms with van der Waals surface area (Å²) in [7, 11) is 0. The lowest BCUT2D eigenvalue weighted by Gasteiger charge is -2.15. The van der Waals surface area contributed by atoms with E-state index in [2.05, 4.69) is 0 Å². The average molecular weight is 421 g/mol. The smallest absolute Gasteiger partial charge is 0.268 e. The molecule has 1 aliphatic rings. The molecule has 2 aromatic carbocycles. The summed E-state index contributed by atoms with van der Waals surface area (Å²) in [4.78, 5) is 28.0. The second kappa shape index (κ2) is 8.71. The molecule has 0 fully saturated rings. The number of benzene rings is 2. The quantitative estimate of drug-likeness (QED) is 0.505. The summed E-state index contributed by atoms with van der Waals surface area (Å²) in [6, 6.07) is 17.3. The molecule has 0 spiro atoms. The summed E-state index contributed by atoms with van der Waals surface area (Å²) in [5, 5.41) is 0. The van der Waals surface area contributed by atoms with Gasteiger partial charge in [0.15, 0.2) is 0 Å². The van der Waals surface area contributed by atoms with Crippen molar-refractivity contribution in [1.82, 2.24) is 4.90 Å². The number of thioether (sulfide) groups is 1. The molecule has 6 heteroatoms. The fourth-order valence-corrected chi connectivity index (χ4v) is 4.33. The molecule has 0 atom stereocenters. The second-order valence-corrected chi connectivity index (χ2v) is 8.06. The van der Waals surface area contributed by atoms with Crippen LogP contribution in [0.25, 0.3) is 5.57 Å². The molecule has 152 valence electrons. The van der Waals surface area contributed by atoms with Crippen molar-refractivity contribution in [3.05, 3.63) is 100 Å². The van der Waals surface area contributed by atoms with Crippen LogP contribution >= 0.6 is 11.8 Å². The summed E-state index contributed by atoms with van der Waals surface area (Å²) in [6.45, 7) is 2.21. The monoisotopic (exact) mass is 421 g/mol. The molecule has 0 N–H and O–H groups in total. The Morgan fingerprint density at radius 2 is 1.70 bits per heavy atom. The van der Waals surface area contributed by atoms with Gasteiger partial charge in [-0.25, -0.2) is 4.39 Å². The largest absolute Gasteiger partial charge is 0.468 e. The maximum atomic E-state index is 13.2. The standard InChI is InChI=1S/C24H20FNO3S/c1-16-4-8-18(9-5-16)21-22(30-15-20-3-2-14-29-20)24(28)26(23(21)27)13-12-17-6-10-19(25)11-7-17/h2-11,14H,12-13,15H2,1H3. The molecule has 3 aromatic rings. The number of aryl methyl sites for hydroxylation is 1. The summed E-state index contributed by atoms with van der Waals surface area (Å²) >= 11 is 1.31. The van der Waals surface area contributed by atoms with Crippen molar-refractivity contribution in [2.24, 2.45) is 0 Å². The van der Waals surface area contributed by atoms with Gasteiger partial charge in [0.1, 0.15) is 11.6 Å². The highest BCUT2D eigenvalue weighted by Gasteiger charge is 2.38. The molecule has 1 aromatic heterocycles. The van der Waals surface area contributed by atoms with Crippen molar-refractivity contribution in [2.75, 3.05) is 6.54 Å². The SMILES string of the molecule is Cc1ccc(C2=C(SCc3ccco3)C(=O)N(CCc3ccc(F)cc3)C2=O)cc1. The van der Waals surface area contributed by atoms with E-state index in [1.165, 1.54) is 28.8 Å². The zero-order valence-corrected chi connectivity index (χ0v) is 17.2. The fourth-order valence-electron chi connectivity index (χ4n) is 3.30. The molecule has 30 heavy (non-hydrogen) atoms. The Kier molecular flexibility index (Phi) is 5.86. The van der Waals surface area contributed by atoms with Crippen LogP contribution in [0.3, 0.4) is 0 Å². The summed E-state index contributed by atoms with van der Waals surface area (Å²) in [5.41, 5.74) is 3.10. The van der Waals surface area contributed by atoms with Gasteiger partial charge in [0.25, 0.3) is 11.8 Å². The van der Waals surface area contributed by atoms with Crippen molar-refractivity contribution in [2.45, 2.75) is 19.1 Å². The molecule has 0 radical (unpaired) electrons. The van der Waals surface area contributed by atoms with Crippen LogP contribution < -0.4 is 0 Å². The fraction of sp³-hybridized carbons (Fsp3) is 0.167. The van der Waals surface area contributed by atoms with Crippen molar-refractivity contribution < 1.29 is 18.4 Å². The molecule has 0 aliphatic carbocycles. The lowest BCUT2D eigenvalue weighted by atomic mass is 10.0. The molecule has 4 nitrogen and oxygen atoms in total. The number of hydrogen-bond acceptors (Lipinski definition) is 4. The second-order valence-electron chi connectivity index (χ2n) is 7.08. The van der Waals surface area contributed by atoms with Crippen LogP contribution in [0.5, 0.6) is 0 Å². The third-order valence-electron chi connectivity index (χ3n) is 4.94. The molecule has 0 saturated carbocycles. The predicted molar refractivity (Wildman–Crippen MR) is 115 cm³/mol. The Morgan fingerprint density at radius 3 is 2.37 bits per heavy atom. The Bertz CT molecular complexity index is 1090. The number of halogens is 1. The van der Waals surface area contributed by atoms with E-state index in [0.29, 0.717) is 22.7 Å². The predicted octanol–water partition coefficient (Wildman–Crippen LogP) is 4.98. The number of carbonyl (C=O) groups is 2. The number of carbonyl (C=O) groups excluding carboxylic acids is 2. The minimum Gasteiger partial charge on any atom is -0.468 e. The number of nitrogens with zero attached hydrogens (tertiary/aromatic N) is 1. The van der Waals surface area contributed by atoms with Gasteiger partial charge in [-0.2, -0.15) is 0 Å². The highest BCUT2D eigenvalue weighted by atomic mass is 32.2. The van der Waals surface area contributed by atoms with Crippen LogP contribution in [0.2, 0.25) is 0 Å². The van der Waals surface area contributed by atoms with E-state index in [9.17, 15) is 14.0 Å². The molecule has 0 unspecified atom stereocenters. The van der Waals surface area contributed by atoms with Crippen molar-refractivity contribution in [3.8, 4) is 0 Å². The zero-order valence-electron chi connectivity index (χ0n) is 16.4. The van der Waals surface area contributed by atoms with Crippen molar-refractivity contribution in [1.29, 1.82) is 0 Å². The van der Waals surface area contributed by atoms with Gasteiger partial charge >= 0.3 is 0 Å². The average Bonchev–Trinajstić information content (AvgIpc) is 3.34. The van der Waals surface area contributed by atoms with E-state index in [4.69, 9.17) is 4.42 Å². The van der Waals surface area contributed by atoms with Gasteiger partial charge in [0.05, 0.1) is 22.5 Å². The third-order valence-corrected chi connectivity index (χ3v) is 6.04. The van der Waals surface area contributed by atoms with Crippen molar-refractivity contribution in [3.63, 3.8) is 0 Å². The number of amides is 2. The Labute approximate surface area is 178 Å². The van der Waals surface area contributed by atoms with E-state index in [1.807, 2.05) is 37.3 Å². The molecule has 0 bridgehead atoms. The lowest BCUT2D eigenvalue weighted by molar-refractivity contribution is -0.136. The maximum absolute atomic E-state index is 13.2. The van der Waals surface area contributed by atoms with Gasteiger partial charge in [0, 0.05) is 6.54 Å². The maximum Gasteiger partial charge on any atom is 0.268 e. The summed E-state index contributed by atoms with van der Waals surface area (Å²) < 4.78 is 18.5. The van der Waals surface area contributed by atoms with Crippen LogP contribution in [0.4, 0.5) is 4.39 Å². The first-order valence-corrected chi connectivity index (χ1v) is 10.6. The van der Waals surface area contributed by atoms with E-state index in [0.717, 1.165) is 22.5 Å². The van der Waals surface area contributed by atoms with Gasteiger partial charge < -0.3 is 4.42 Å².